The maximum atomic E-state index is 12.1. The molecule has 0 saturated heterocycles. The first-order valence-electron chi connectivity index (χ1n) is 5.30. The normalized spacial score (nSPS) is 10.5. The van der Waals surface area contributed by atoms with Crippen LogP contribution in [0.1, 0.15) is 23.0 Å². The maximum absolute atomic E-state index is 12.1. The lowest BCUT2D eigenvalue weighted by atomic mass is 10.1. The summed E-state index contributed by atoms with van der Waals surface area (Å²) >= 11 is 0. The average Bonchev–Trinajstić information content (AvgIpc) is 2.29. The van der Waals surface area contributed by atoms with E-state index in [1.807, 2.05) is 0 Å². The van der Waals surface area contributed by atoms with Gasteiger partial charge in [-0.15, -0.1) is 0 Å². The van der Waals surface area contributed by atoms with Gasteiger partial charge in [-0.3, -0.25) is 4.79 Å². The number of nitrogens with zero attached hydrogens (tertiary/aromatic N) is 1. The van der Waals surface area contributed by atoms with Crippen molar-refractivity contribution in [2.24, 2.45) is 0 Å². The van der Waals surface area contributed by atoms with Gasteiger partial charge in [0.15, 0.2) is 0 Å². The number of aromatic nitrogens is 2. The Labute approximate surface area is 97.4 Å². The molecule has 2 rings (SSSR count). The molecule has 2 aromatic rings. The number of H-pyrrole nitrogens is 1. The zero-order chi connectivity index (χ0) is 12.4. The zero-order valence-corrected chi connectivity index (χ0v) is 9.61. The van der Waals surface area contributed by atoms with Crippen LogP contribution in [0.3, 0.4) is 0 Å². The fraction of sp³-hybridized carbons (Fsp3) is 0.250. The quantitative estimate of drug-likeness (QED) is 0.794. The number of hydrogen-bond acceptors (Lipinski definition) is 4. The average molecular weight is 232 g/mol. The molecule has 0 aliphatic rings. The molecule has 17 heavy (non-hydrogen) atoms. The van der Waals surface area contributed by atoms with Crippen LogP contribution in [0.2, 0.25) is 0 Å². The third-order valence-electron chi connectivity index (χ3n) is 2.44. The number of carbonyl (C=O) groups excluding carboxylic acids is 1. The van der Waals surface area contributed by atoms with Gasteiger partial charge in [-0.05, 0) is 26.0 Å². The minimum atomic E-state index is -0.600. The van der Waals surface area contributed by atoms with Crippen molar-refractivity contribution in [3.05, 3.63) is 39.8 Å². The van der Waals surface area contributed by atoms with E-state index in [-0.39, 0.29) is 17.6 Å². The van der Waals surface area contributed by atoms with Crippen LogP contribution in [0.5, 0.6) is 0 Å². The smallest absolute Gasteiger partial charge is 0.343 e. The summed E-state index contributed by atoms with van der Waals surface area (Å²) in [4.78, 5) is 30.7. The lowest BCUT2D eigenvalue weighted by Gasteiger charge is -2.06. The van der Waals surface area contributed by atoms with Gasteiger partial charge >= 0.3 is 5.97 Å². The Kier molecular flexibility index (Phi) is 2.91. The molecule has 0 atom stereocenters. The zero-order valence-electron chi connectivity index (χ0n) is 9.61. The Balaban J connectivity index is 2.72. The molecule has 0 bridgehead atoms. The molecule has 1 N–H and O–H groups in total. The molecule has 88 valence electrons. The van der Waals surface area contributed by atoms with Gasteiger partial charge in [0, 0.05) is 11.9 Å². The Bertz CT molecular complexity index is 631. The summed E-state index contributed by atoms with van der Waals surface area (Å²) in [5, 5.41) is 0.390. The van der Waals surface area contributed by atoms with Gasteiger partial charge in [0.1, 0.15) is 11.2 Å². The highest BCUT2D eigenvalue weighted by atomic mass is 16.5. The summed E-state index contributed by atoms with van der Waals surface area (Å²) in [7, 11) is 0. The lowest BCUT2D eigenvalue weighted by Crippen LogP contribution is -2.21. The van der Waals surface area contributed by atoms with E-state index < -0.39 is 5.97 Å². The number of aromatic amines is 1. The molecule has 0 aliphatic heterocycles. The molecule has 0 saturated carbocycles. The third kappa shape index (κ3) is 1.91. The number of nitrogens with one attached hydrogen (secondary N) is 1. The number of ether oxygens (including phenoxy) is 1. The van der Waals surface area contributed by atoms with Crippen LogP contribution in [-0.2, 0) is 4.74 Å². The van der Waals surface area contributed by atoms with Gasteiger partial charge < -0.3 is 9.72 Å². The predicted molar refractivity (Wildman–Crippen MR) is 63.1 cm³/mol. The fourth-order valence-corrected chi connectivity index (χ4v) is 1.68. The van der Waals surface area contributed by atoms with E-state index in [0.717, 1.165) is 0 Å². The van der Waals surface area contributed by atoms with E-state index in [0.29, 0.717) is 16.7 Å². The number of pyridine rings is 2. The monoisotopic (exact) mass is 232 g/mol. The molecule has 5 heteroatoms. The molecule has 5 nitrogen and oxygen atoms in total. The molecule has 0 fully saturated rings. The molecule has 0 radical (unpaired) electrons. The second-order valence-corrected chi connectivity index (χ2v) is 3.57. The molecular weight excluding hydrogens is 220 g/mol. The topological polar surface area (TPSA) is 72.1 Å². The Morgan fingerprint density at radius 1 is 1.53 bits per heavy atom. The lowest BCUT2D eigenvalue weighted by molar-refractivity contribution is 0.0524. The van der Waals surface area contributed by atoms with E-state index >= 15 is 0 Å². The van der Waals surface area contributed by atoms with Crippen molar-refractivity contribution < 1.29 is 9.53 Å². The van der Waals surface area contributed by atoms with Gasteiger partial charge in [0.25, 0.3) is 0 Å². The van der Waals surface area contributed by atoms with Gasteiger partial charge in [0.2, 0.25) is 5.43 Å². The van der Waals surface area contributed by atoms with E-state index in [9.17, 15) is 9.59 Å². The van der Waals surface area contributed by atoms with Crippen LogP contribution in [0.4, 0.5) is 0 Å². The van der Waals surface area contributed by atoms with Crippen molar-refractivity contribution in [3.8, 4) is 0 Å². The summed E-state index contributed by atoms with van der Waals surface area (Å²) in [5.74, 6) is -0.600. The van der Waals surface area contributed by atoms with Gasteiger partial charge in [-0.1, -0.05) is 0 Å². The molecule has 2 heterocycles. The van der Waals surface area contributed by atoms with Crippen LogP contribution >= 0.6 is 0 Å². The first-order chi connectivity index (χ1) is 8.15. The largest absolute Gasteiger partial charge is 0.462 e. The number of fused-ring (bicyclic) bond motifs is 1. The molecule has 0 amide bonds. The van der Waals surface area contributed by atoms with Crippen molar-refractivity contribution in [3.63, 3.8) is 0 Å². The molecule has 0 spiro atoms. The van der Waals surface area contributed by atoms with E-state index in [1.165, 1.54) is 0 Å². The first kappa shape index (κ1) is 11.3. The van der Waals surface area contributed by atoms with Crippen molar-refractivity contribution in [2.75, 3.05) is 6.61 Å². The van der Waals surface area contributed by atoms with Crippen molar-refractivity contribution in [1.82, 2.24) is 9.97 Å². The van der Waals surface area contributed by atoms with E-state index in [4.69, 9.17) is 4.74 Å². The molecule has 0 aliphatic carbocycles. The van der Waals surface area contributed by atoms with E-state index in [2.05, 4.69) is 9.97 Å². The molecule has 2 aromatic heterocycles. The second-order valence-electron chi connectivity index (χ2n) is 3.57. The Hall–Kier alpha value is -2.17. The first-order valence-corrected chi connectivity index (χ1v) is 5.30. The van der Waals surface area contributed by atoms with Crippen molar-refractivity contribution >= 4 is 17.0 Å². The summed E-state index contributed by atoms with van der Waals surface area (Å²) in [6.07, 6.45) is 1.59. The summed E-state index contributed by atoms with van der Waals surface area (Å²) in [5.41, 5.74) is 0.651. The predicted octanol–water partition coefficient (Wildman–Crippen LogP) is 1.41. The Morgan fingerprint density at radius 2 is 2.29 bits per heavy atom. The third-order valence-corrected chi connectivity index (χ3v) is 2.44. The molecule has 0 unspecified atom stereocenters. The Morgan fingerprint density at radius 3 is 3.00 bits per heavy atom. The highest BCUT2D eigenvalue weighted by Crippen LogP contribution is 2.09. The summed E-state index contributed by atoms with van der Waals surface area (Å²) < 4.78 is 4.86. The summed E-state index contributed by atoms with van der Waals surface area (Å²) in [6.45, 7) is 3.59. The van der Waals surface area contributed by atoms with Gasteiger partial charge in [-0.2, -0.15) is 0 Å². The standard InChI is InChI=1S/C12H12N2O3/c1-3-17-12(16)9-7(2)14-11-8(10(9)15)5-4-6-13-11/h4-6H,3H2,1-2H3,(H,13,14,15). The SMILES string of the molecule is CCOC(=O)c1c(C)[nH]c2ncccc2c1=O. The molecule has 0 aromatic carbocycles. The number of aryl methyl sites for hydroxylation is 1. The maximum Gasteiger partial charge on any atom is 0.343 e. The minimum absolute atomic E-state index is 0.0485. The molecular formula is C12H12N2O3. The van der Waals surface area contributed by atoms with Crippen molar-refractivity contribution in [2.45, 2.75) is 13.8 Å². The van der Waals surface area contributed by atoms with Crippen LogP contribution in [0.15, 0.2) is 23.1 Å². The highest BCUT2D eigenvalue weighted by molar-refractivity contribution is 5.94. The fourth-order valence-electron chi connectivity index (χ4n) is 1.68. The van der Waals surface area contributed by atoms with Crippen molar-refractivity contribution in [1.29, 1.82) is 0 Å². The van der Waals surface area contributed by atoms with E-state index in [1.54, 1.807) is 32.2 Å². The van der Waals surface area contributed by atoms with Crippen LogP contribution < -0.4 is 5.43 Å². The van der Waals surface area contributed by atoms with Gasteiger partial charge in [0.05, 0.1) is 12.0 Å². The van der Waals surface area contributed by atoms with Crippen LogP contribution in [0.25, 0.3) is 11.0 Å². The van der Waals surface area contributed by atoms with Gasteiger partial charge in [-0.25, -0.2) is 9.78 Å². The minimum Gasteiger partial charge on any atom is -0.462 e. The highest BCUT2D eigenvalue weighted by Gasteiger charge is 2.17. The number of hydrogen-bond donors (Lipinski definition) is 1. The van der Waals surface area contributed by atoms with Crippen LogP contribution in [-0.4, -0.2) is 22.5 Å². The number of rotatable bonds is 2. The number of carbonyl (C=O) groups is 1. The number of esters is 1. The summed E-state index contributed by atoms with van der Waals surface area (Å²) in [6, 6.07) is 3.28. The second kappa shape index (κ2) is 4.37. The van der Waals surface area contributed by atoms with Crippen LogP contribution in [0, 0.1) is 6.92 Å².